The second kappa shape index (κ2) is 16.5. The molecule has 0 spiro atoms. The molecule has 1 atom stereocenters. The van der Waals surface area contributed by atoms with Crippen molar-refractivity contribution in [3.8, 4) is 11.3 Å². The van der Waals surface area contributed by atoms with E-state index in [0.717, 1.165) is 0 Å². The third-order valence-corrected chi connectivity index (χ3v) is 7.99. The molecule has 2 aromatic carbocycles. The number of likely N-dealkylation sites (N-methyl/N-ethyl adjacent to an activating group) is 1. The van der Waals surface area contributed by atoms with Crippen LogP contribution < -0.4 is 10.6 Å². The topological polar surface area (TPSA) is 147 Å². The number of carbonyl (C=O) groups is 4. The lowest BCUT2D eigenvalue weighted by atomic mass is 10.1. The summed E-state index contributed by atoms with van der Waals surface area (Å²) in [7, 11) is 1.47. The van der Waals surface area contributed by atoms with Crippen LogP contribution in [0, 0.1) is 11.6 Å². The molecule has 2 heterocycles. The van der Waals surface area contributed by atoms with Crippen LogP contribution >= 0.6 is 11.6 Å². The maximum atomic E-state index is 13.9. The van der Waals surface area contributed by atoms with Crippen LogP contribution in [-0.4, -0.2) is 95.5 Å². The number of urea groups is 1. The minimum absolute atomic E-state index is 0.00846. The summed E-state index contributed by atoms with van der Waals surface area (Å²) in [6.45, 7) is 6.18. The molecule has 1 fully saturated rings. The molecule has 0 bridgehead atoms. The summed E-state index contributed by atoms with van der Waals surface area (Å²) in [6.07, 6.45) is -1.24. The lowest BCUT2D eigenvalue weighted by Crippen LogP contribution is -2.52. The average Bonchev–Trinajstić information content (AvgIpc) is 3.52. The fourth-order valence-corrected chi connectivity index (χ4v) is 5.07. The standard InChI is InChI=1S/C33H39ClF2N6O7/c1-33(2,3)48-32(46)42-15-13-41(14-16-42)28(43)12-11-24(40(4)30(44)37-19-22-8-6-10-25(36)29(22)34)20-47-31(45)38-27-18-26(39-49-27)21-7-5-9-23(35)17-21/h5-10,17-18,24H,11-16,19-20H2,1-4H3,(H,37,44)(H,38,45). The van der Waals surface area contributed by atoms with E-state index < -0.39 is 41.5 Å². The first kappa shape index (κ1) is 36.9. The van der Waals surface area contributed by atoms with Gasteiger partial charge in [-0.25, -0.2) is 23.2 Å². The summed E-state index contributed by atoms with van der Waals surface area (Å²) in [5.74, 6) is -1.35. The molecule has 1 aliphatic heterocycles. The van der Waals surface area contributed by atoms with Crippen molar-refractivity contribution >= 4 is 41.6 Å². The molecule has 16 heteroatoms. The largest absolute Gasteiger partial charge is 0.447 e. The van der Waals surface area contributed by atoms with E-state index in [1.807, 2.05) is 0 Å². The number of hydrogen-bond acceptors (Lipinski definition) is 8. The molecule has 1 aliphatic rings. The van der Waals surface area contributed by atoms with Gasteiger partial charge in [0.05, 0.1) is 11.1 Å². The molecular weight excluding hydrogens is 666 g/mol. The highest BCUT2D eigenvalue weighted by molar-refractivity contribution is 6.31. The fourth-order valence-electron chi connectivity index (χ4n) is 4.87. The number of hydrogen-bond donors (Lipinski definition) is 2. The Bertz CT molecular complexity index is 1640. The Balaban J connectivity index is 1.35. The highest BCUT2D eigenvalue weighted by Crippen LogP contribution is 2.23. The van der Waals surface area contributed by atoms with Crippen molar-refractivity contribution in [2.45, 2.75) is 51.8 Å². The van der Waals surface area contributed by atoms with Crippen LogP contribution in [0.15, 0.2) is 53.1 Å². The number of nitrogens with one attached hydrogen (secondary N) is 2. The first-order valence-electron chi connectivity index (χ1n) is 15.6. The van der Waals surface area contributed by atoms with Crippen LogP contribution in [0.2, 0.25) is 5.02 Å². The Labute approximate surface area is 287 Å². The Morgan fingerprint density at radius 3 is 2.43 bits per heavy atom. The zero-order chi connectivity index (χ0) is 35.7. The van der Waals surface area contributed by atoms with Gasteiger partial charge < -0.3 is 34.0 Å². The number of aromatic nitrogens is 1. The van der Waals surface area contributed by atoms with E-state index in [2.05, 4.69) is 15.8 Å². The highest BCUT2D eigenvalue weighted by atomic mass is 35.5. The van der Waals surface area contributed by atoms with E-state index >= 15 is 0 Å². The summed E-state index contributed by atoms with van der Waals surface area (Å²) in [5, 5.41) is 8.78. The lowest BCUT2D eigenvalue weighted by Gasteiger charge is -2.36. The average molecular weight is 705 g/mol. The first-order valence-corrected chi connectivity index (χ1v) is 15.9. The number of ether oxygens (including phenoxy) is 2. The maximum Gasteiger partial charge on any atom is 0.414 e. The van der Waals surface area contributed by atoms with Crippen molar-refractivity contribution in [2.75, 3.05) is 45.2 Å². The van der Waals surface area contributed by atoms with Gasteiger partial charge in [0.15, 0.2) is 0 Å². The number of piperazine rings is 1. The molecule has 3 aromatic rings. The summed E-state index contributed by atoms with van der Waals surface area (Å²) in [4.78, 5) is 55.8. The minimum Gasteiger partial charge on any atom is -0.447 e. The zero-order valence-corrected chi connectivity index (χ0v) is 28.4. The van der Waals surface area contributed by atoms with Gasteiger partial charge in [-0.15, -0.1) is 0 Å². The first-order chi connectivity index (χ1) is 23.2. The van der Waals surface area contributed by atoms with Crippen molar-refractivity contribution in [1.29, 1.82) is 0 Å². The molecule has 0 aliphatic carbocycles. The zero-order valence-electron chi connectivity index (χ0n) is 27.6. The van der Waals surface area contributed by atoms with Crippen LogP contribution in [0.25, 0.3) is 11.3 Å². The van der Waals surface area contributed by atoms with Gasteiger partial charge in [-0.1, -0.05) is 41.0 Å². The molecule has 1 aromatic heterocycles. The second-order valence-corrected chi connectivity index (χ2v) is 12.7. The Kier molecular flexibility index (Phi) is 12.4. The number of carbonyl (C=O) groups excluding carboxylic acids is 4. The smallest absolute Gasteiger partial charge is 0.414 e. The molecule has 4 rings (SSSR count). The quantitative estimate of drug-likeness (QED) is 0.266. The minimum atomic E-state index is -0.920. The van der Waals surface area contributed by atoms with Crippen LogP contribution in [-0.2, 0) is 20.8 Å². The third-order valence-electron chi connectivity index (χ3n) is 7.57. The van der Waals surface area contributed by atoms with E-state index in [-0.39, 0.29) is 48.5 Å². The van der Waals surface area contributed by atoms with Gasteiger partial charge in [-0.2, -0.15) is 0 Å². The Morgan fingerprint density at radius 1 is 1.04 bits per heavy atom. The van der Waals surface area contributed by atoms with E-state index in [4.69, 9.17) is 25.6 Å². The van der Waals surface area contributed by atoms with Crippen molar-refractivity contribution in [3.63, 3.8) is 0 Å². The number of benzene rings is 2. The van der Waals surface area contributed by atoms with E-state index in [9.17, 15) is 28.0 Å². The van der Waals surface area contributed by atoms with Crippen LogP contribution in [0.3, 0.4) is 0 Å². The van der Waals surface area contributed by atoms with Crippen LogP contribution in [0.1, 0.15) is 39.2 Å². The van der Waals surface area contributed by atoms with Crippen molar-refractivity contribution in [3.05, 3.63) is 70.8 Å². The fraction of sp³-hybridized carbons (Fsp3) is 0.424. The number of amides is 5. The number of halogens is 3. The molecule has 1 saturated heterocycles. The van der Waals surface area contributed by atoms with Gasteiger partial charge >= 0.3 is 18.2 Å². The molecule has 0 saturated carbocycles. The van der Waals surface area contributed by atoms with Gasteiger partial charge in [-0.05, 0) is 51.0 Å². The van der Waals surface area contributed by atoms with Gasteiger partial charge in [0.2, 0.25) is 11.8 Å². The summed E-state index contributed by atoms with van der Waals surface area (Å²) in [6, 6.07) is 9.96. The normalized spacial score (nSPS) is 13.8. The molecule has 49 heavy (non-hydrogen) atoms. The summed E-state index contributed by atoms with van der Waals surface area (Å²) in [5.41, 5.74) is 0.447. The third kappa shape index (κ3) is 10.8. The van der Waals surface area contributed by atoms with E-state index in [0.29, 0.717) is 37.3 Å². The van der Waals surface area contributed by atoms with Crippen molar-refractivity contribution in [1.82, 2.24) is 25.2 Å². The number of anilines is 1. The van der Waals surface area contributed by atoms with Crippen LogP contribution in [0.5, 0.6) is 0 Å². The van der Waals surface area contributed by atoms with Gasteiger partial charge in [-0.3, -0.25) is 10.1 Å². The van der Waals surface area contributed by atoms with Crippen molar-refractivity contribution < 1.29 is 42.0 Å². The lowest BCUT2D eigenvalue weighted by molar-refractivity contribution is -0.133. The molecule has 13 nitrogen and oxygen atoms in total. The van der Waals surface area contributed by atoms with Gasteiger partial charge in [0, 0.05) is 57.8 Å². The van der Waals surface area contributed by atoms with E-state index in [1.54, 1.807) is 42.7 Å². The molecule has 5 amide bonds. The summed E-state index contributed by atoms with van der Waals surface area (Å²) >= 11 is 6.02. The molecule has 0 radical (unpaired) electrons. The SMILES string of the molecule is CN(C(=O)NCc1cccc(F)c1Cl)C(CCC(=O)N1CCN(C(=O)OC(C)(C)C)CC1)COC(=O)Nc1cc(-c2cccc(F)c2)no1. The number of nitrogens with zero attached hydrogens (tertiary/aromatic N) is 4. The van der Waals surface area contributed by atoms with Crippen LogP contribution in [0.4, 0.5) is 29.0 Å². The molecular formula is C33H39ClF2N6O7. The van der Waals surface area contributed by atoms with Crippen molar-refractivity contribution in [2.24, 2.45) is 0 Å². The van der Waals surface area contributed by atoms with Gasteiger partial charge in [0.25, 0.3) is 0 Å². The molecule has 1 unspecified atom stereocenters. The molecule has 264 valence electrons. The monoisotopic (exact) mass is 704 g/mol. The Hall–Kier alpha value is -4.92. The summed E-state index contributed by atoms with van der Waals surface area (Å²) < 4.78 is 43.4. The number of rotatable bonds is 10. The Morgan fingerprint density at radius 2 is 1.73 bits per heavy atom. The van der Waals surface area contributed by atoms with Gasteiger partial charge in [0.1, 0.15) is 29.5 Å². The second-order valence-electron chi connectivity index (χ2n) is 12.3. The predicted molar refractivity (Wildman–Crippen MR) is 176 cm³/mol. The highest BCUT2D eigenvalue weighted by Gasteiger charge is 2.29. The maximum absolute atomic E-state index is 13.9. The van der Waals surface area contributed by atoms with E-state index in [1.165, 1.54) is 48.3 Å². The predicted octanol–water partition coefficient (Wildman–Crippen LogP) is 5.89. The molecule has 2 N–H and O–H groups in total.